The number of carboxylic acids is 1. The van der Waals surface area contributed by atoms with Gasteiger partial charge in [0.15, 0.2) is 11.3 Å². The summed E-state index contributed by atoms with van der Waals surface area (Å²) in [5.41, 5.74) is 3.55. The number of fused-ring (bicyclic) bond motifs is 1. The summed E-state index contributed by atoms with van der Waals surface area (Å²) in [5.74, 6) is -0.287. The molecule has 1 amide bonds. The number of anilines is 1. The molecule has 1 atom stereocenters. The zero-order valence-electron chi connectivity index (χ0n) is 24.2. The number of carbonyl (C=O) groups is 2. The fourth-order valence-electron chi connectivity index (χ4n) is 7.25. The standard InChI is InChI=1S/C32H40N6O4/c39-31(36-16-18-42-19-17-36)23-8-5-13-37(21-23)24-11-14-35(15-12-24)27-20-26(32(40)41)33-30-28(27)29(22-6-4-7-22)34-38(30)25-9-2-1-3-10-25/h1-3,9-10,20,22-24H,4-8,11-19,21H2,(H,40,41). The van der Waals surface area contributed by atoms with Crippen molar-refractivity contribution in [1.82, 2.24) is 24.6 Å². The van der Waals surface area contributed by atoms with Gasteiger partial charge in [0.2, 0.25) is 5.91 Å². The molecule has 10 heteroatoms. The lowest BCUT2D eigenvalue weighted by atomic mass is 9.82. The summed E-state index contributed by atoms with van der Waals surface area (Å²) in [6.07, 6.45) is 7.37. The average molecular weight is 573 g/mol. The number of carbonyl (C=O) groups excluding carboxylic acids is 1. The van der Waals surface area contributed by atoms with Gasteiger partial charge in [0.05, 0.1) is 41.6 Å². The van der Waals surface area contributed by atoms with Crippen LogP contribution in [0, 0.1) is 5.92 Å². The van der Waals surface area contributed by atoms with Gasteiger partial charge in [-0.25, -0.2) is 14.5 Å². The first-order chi connectivity index (χ1) is 20.6. The number of hydrogen-bond acceptors (Lipinski definition) is 7. The monoisotopic (exact) mass is 572 g/mol. The third-order valence-electron chi connectivity index (χ3n) is 9.80. The Bertz CT molecular complexity index is 1440. The molecule has 1 saturated carbocycles. The van der Waals surface area contributed by atoms with Gasteiger partial charge in [-0.1, -0.05) is 24.6 Å². The van der Waals surface area contributed by atoms with E-state index in [1.165, 1.54) is 6.42 Å². The highest BCUT2D eigenvalue weighted by Crippen LogP contribution is 2.43. The molecule has 4 aliphatic rings. The van der Waals surface area contributed by atoms with Crippen LogP contribution in [0.2, 0.25) is 0 Å². The number of hydrogen-bond donors (Lipinski definition) is 1. The van der Waals surface area contributed by atoms with E-state index in [0.717, 1.165) is 87.2 Å². The zero-order chi connectivity index (χ0) is 28.6. The molecular formula is C32H40N6O4. The van der Waals surface area contributed by atoms with Crippen LogP contribution < -0.4 is 4.90 Å². The highest BCUT2D eigenvalue weighted by Gasteiger charge is 2.35. The Hall–Kier alpha value is -3.50. The van der Waals surface area contributed by atoms with Gasteiger partial charge < -0.3 is 19.6 Å². The van der Waals surface area contributed by atoms with Crippen LogP contribution in [0.15, 0.2) is 36.4 Å². The van der Waals surface area contributed by atoms with E-state index in [2.05, 4.69) is 14.8 Å². The minimum Gasteiger partial charge on any atom is -0.477 e. The Kier molecular flexibility index (Phi) is 7.58. The van der Waals surface area contributed by atoms with Crippen molar-refractivity contribution < 1.29 is 19.4 Å². The summed E-state index contributed by atoms with van der Waals surface area (Å²) in [5, 5.41) is 16.1. The number of pyridine rings is 1. The first-order valence-corrected chi connectivity index (χ1v) is 15.6. The van der Waals surface area contributed by atoms with Crippen LogP contribution in [-0.2, 0) is 9.53 Å². The Balaban J connectivity index is 1.14. The molecule has 7 rings (SSSR count). The topological polar surface area (TPSA) is 104 Å². The number of morpholine rings is 1. The Morgan fingerprint density at radius 3 is 2.36 bits per heavy atom. The molecular weight excluding hydrogens is 532 g/mol. The maximum Gasteiger partial charge on any atom is 0.354 e. The Morgan fingerprint density at radius 2 is 1.67 bits per heavy atom. The molecule has 1 N–H and O–H groups in total. The van der Waals surface area contributed by atoms with Crippen molar-refractivity contribution in [3.8, 4) is 5.69 Å². The van der Waals surface area contributed by atoms with Crippen molar-refractivity contribution in [3.05, 3.63) is 47.8 Å². The quantitative estimate of drug-likeness (QED) is 0.474. The van der Waals surface area contributed by atoms with Crippen molar-refractivity contribution >= 4 is 28.6 Å². The number of aromatic nitrogens is 3. The second-order valence-corrected chi connectivity index (χ2v) is 12.3. The van der Waals surface area contributed by atoms with Gasteiger partial charge in [0.25, 0.3) is 0 Å². The number of aromatic carboxylic acids is 1. The van der Waals surface area contributed by atoms with Crippen LogP contribution in [-0.4, -0.2) is 100 Å². The van der Waals surface area contributed by atoms with E-state index < -0.39 is 5.97 Å². The van der Waals surface area contributed by atoms with Crippen LogP contribution in [0.5, 0.6) is 0 Å². The Morgan fingerprint density at radius 1 is 0.905 bits per heavy atom. The Labute approximate surface area is 246 Å². The minimum atomic E-state index is -1.02. The summed E-state index contributed by atoms with van der Waals surface area (Å²) < 4.78 is 7.29. The number of carboxylic acid groups (broad SMARTS) is 1. The molecule has 1 unspecified atom stereocenters. The van der Waals surface area contributed by atoms with Crippen LogP contribution in [0.25, 0.3) is 16.7 Å². The van der Waals surface area contributed by atoms with Gasteiger partial charge in [-0.15, -0.1) is 0 Å². The molecule has 222 valence electrons. The molecule has 1 aliphatic carbocycles. The van der Waals surface area contributed by atoms with E-state index in [1.54, 1.807) is 6.07 Å². The highest BCUT2D eigenvalue weighted by molar-refractivity contribution is 5.98. The molecule has 1 aromatic carbocycles. The van der Waals surface area contributed by atoms with Crippen molar-refractivity contribution in [2.45, 2.75) is 56.9 Å². The lowest BCUT2D eigenvalue weighted by Gasteiger charge is -2.43. The first kappa shape index (κ1) is 27.3. The van der Waals surface area contributed by atoms with Crippen molar-refractivity contribution in [2.24, 2.45) is 5.92 Å². The van der Waals surface area contributed by atoms with Gasteiger partial charge >= 0.3 is 5.97 Å². The molecule has 2 aromatic heterocycles. The second kappa shape index (κ2) is 11.6. The SMILES string of the molecule is O=C(O)c1cc(N2CCC(N3CCCC(C(=O)N4CCOCC4)C3)CC2)c2c(C3CCC3)nn(-c3ccccc3)c2n1. The largest absolute Gasteiger partial charge is 0.477 e. The third kappa shape index (κ3) is 5.15. The predicted molar refractivity (Wildman–Crippen MR) is 159 cm³/mol. The summed E-state index contributed by atoms with van der Waals surface area (Å²) in [7, 11) is 0. The maximum absolute atomic E-state index is 13.2. The lowest BCUT2D eigenvalue weighted by Crippen LogP contribution is -2.52. The van der Waals surface area contributed by atoms with E-state index >= 15 is 0 Å². The van der Waals surface area contributed by atoms with Gasteiger partial charge in [-0.05, 0) is 63.3 Å². The molecule has 42 heavy (non-hydrogen) atoms. The number of piperidine rings is 2. The van der Waals surface area contributed by atoms with E-state index in [0.29, 0.717) is 49.8 Å². The molecule has 10 nitrogen and oxygen atoms in total. The van der Waals surface area contributed by atoms with Crippen molar-refractivity contribution in [3.63, 3.8) is 0 Å². The number of nitrogens with zero attached hydrogens (tertiary/aromatic N) is 6. The molecule has 0 spiro atoms. The van der Waals surface area contributed by atoms with Crippen LogP contribution in [0.3, 0.4) is 0 Å². The summed E-state index contributed by atoms with van der Waals surface area (Å²) in [4.78, 5) is 37.0. The number of rotatable bonds is 6. The molecule has 0 bridgehead atoms. The summed E-state index contributed by atoms with van der Waals surface area (Å²) in [6.45, 7) is 6.23. The van der Waals surface area contributed by atoms with Gasteiger partial charge in [-0.3, -0.25) is 9.69 Å². The van der Waals surface area contributed by atoms with Crippen molar-refractivity contribution in [2.75, 3.05) is 57.4 Å². The number of amides is 1. The maximum atomic E-state index is 13.2. The number of likely N-dealkylation sites (tertiary alicyclic amines) is 1. The minimum absolute atomic E-state index is 0.0531. The van der Waals surface area contributed by atoms with Crippen molar-refractivity contribution in [1.29, 1.82) is 0 Å². The van der Waals surface area contributed by atoms with E-state index in [1.807, 2.05) is 39.9 Å². The smallest absolute Gasteiger partial charge is 0.354 e. The summed E-state index contributed by atoms with van der Waals surface area (Å²) in [6, 6.07) is 12.1. The molecule has 3 aromatic rings. The number of ether oxygens (including phenoxy) is 1. The lowest BCUT2D eigenvalue weighted by molar-refractivity contribution is -0.141. The van der Waals surface area contributed by atoms with E-state index in [-0.39, 0.29) is 11.6 Å². The molecule has 3 aliphatic heterocycles. The van der Waals surface area contributed by atoms with Gasteiger partial charge in [0.1, 0.15) is 0 Å². The molecule has 5 heterocycles. The van der Waals surface area contributed by atoms with Crippen LogP contribution >= 0.6 is 0 Å². The van der Waals surface area contributed by atoms with Crippen LogP contribution in [0.1, 0.15) is 67.0 Å². The third-order valence-corrected chi connectivity index (χ3v) is 9.80. The molecule has 0 radical (unpaired) electrons. The fraction of sp³-hybridized carbons (Fsp3) is 0.562. The molecule has 3 saturated heterocycles. The van der Waals surface area contributed by atoms with Gasteiger partial charge in [0, 0.05) is 44.7 Å². The highest BCUT2D eigenvalue weighted by atomic mass is 16.5. The number of benzene rings is 1. The average Bonchev–Trinajstić information content (AvgIpc) is 3.39. The number of para-hydroxylation sites is 1. The first-order valence-electron chi connectivity index (χ1n) is 15.6. The van der Waals surface area contributed by atoms with Crippen LogP contribution in [0.4, 0.5) is 5.69 Å². The van der Waals surface area contributed by atoms with E-state index in [4.69, 9.17) is 9.84 Å². The van der Waals surface area contributed by atoms with Gasteiger partial charge in [-0.2, -0.15) is 5.10 Å². The molecule has 4 fully saturated rings. The second-order valence-electron chi connectivity index (χ2n) is 12.3. The fourth-order valence-corrected chi connectivity index (χ4v) is 7.25. The zero-order valence-corrected chi connectivity index (χ0v) is 24.2. The normalized spacial score (nSPS) is 22.8. The summed E-state index contributed by atoms with van der Waals surface area (Å²) >= 11 is 0. The predicted octanol–water partition coefficient (Wildman–Crippen LogP) is 3.93. The van der Waals surface area contributed by atoms with E-state index in [9.17, 15) is 14.7 Å².